The molecular weight excluding hydrogens is 316 g/mol. The van der Waals surface area contributed by atoms with Crippen LogP contribution in [0.15, 0.2) is 36.7 Å². The number of carbonyl (C=O) groups is 1. The van der Waals surface area contributed by atoms with Crippen LogP contribution in [0, 0.1) is 23.0 Å². The molecule has 4 rings (SSSR count). The highest BCUT2D eigenvalue weighted by Gasteiger charge is 2.07. The van der Waals surface area contributed by atoms with Gasteiger partial charge in [-0.1, -0.05) is 0 Å². The first-order chi connectivity index (χ1) is 11.7. The van der Waals surface area contributed by atoms with E-state index in [1.165, 1.54) is 24.5 Å². The van der Waals surface area contributed by atoms with Crippen LogP contribution in [0.2, 0.25) is 0 Å². The van der Waals surface area contributed by atoms with E-state index in [4.69, 9.17) is 5.26 Å². The molecule has 2 aromatic heterocycles. The van der Waals surface area contributed by atoms with Gasteiger partial charge in [0.15, 0.2) is 12.1 Å². The third-order valence-corrected chi connectivity index (χ3v) is 3.39. The van der Waals surface area contributed by atoms with Crippen molar-refractivity contribution in [1.29, 1.82) is 5.26 Å². The van der Waals surface area contributed by atoms with E-state index in [2.05, 4.69) is 20.4 Å². The first-order valence-corrected chi connectivity index (χ1v) is 6.74. The second-order valence-corrected chi connectivity index (χ2v) is 4.79. The third kappa shape index (κ3) is 2.59. The van der Waals surface area contributed by atoms with Gasteiger partial charge in [-0.3, -0.25) is 15.0 Å². The van der Waals surface area contributed by atoms with Crippen molar-refractivity contribution in [2.75, 3.05) is 0 Å². The standard InChI is InChI=1S/C8H4FN3.C8H5FN2O/c9-8-5(3-10)1-2-7-6(8)4-11-12-7;9-8-5(4-12)1-2-7-6(8)3-10-11-7/h1-2,4H,(H,11,12);1-4H,(H,10,11). The van der Waals surface area contributed by atoms with Crippen molar-refractivity contribution in [3.63, 3.8) is 0 Å². The second-order valence-electron chi connectivity index (χ2n) is 4.79. The fourth-order valence-electron chi connectivity index (χ4n) is 2.16. The molecule has 24 heavy (non-hydrogen) atoms. The summed E-state index contributed by atoms with van der Waals surface area (Å²) in [4.78, 5) is 10.3. The number of nitrogens with zero attached hydrogens (tertiary/aromatic N) is 3. The minimum Gasteiger partial charge on any atom is -0.298 e. The SMILES string of the molecule is N#Cc1ccc2[nH]ncc2c1F.O=Cc1ccc2[nH]ncc2c1F. The van der Waals surface area contributed by atoms with Crippen molar-refractivity contribution in [2.45, 2.75) is 0 Å². The van der Waals surface area contributed by atoms with Crippen molar-refractivity contribution in [2.24, 2.45) is 0 Å². The zero-order valence-electron chi connectivity index (χ0n) is 12.0. The molecule has 0 bridgehead atoms. The lowest BCUT2D eigenvalue weighted by Gasteiger charge is -1.93. The monoisotopic (exact) mass is 325 g/mol. The van der Waals surface area contributed by atoms with Crippen LogP contribution >= 0.6 is 0 Å². The summed E-state index contributed by atoms with van der Waals surface area (Å²) >= 11 is 0. The highest BCUT2D eigenvalue weighted by atomic mass is 19.1. The number of fused-ring (bicyclic) bond motifs is 2. The lowest BCUT2D eigenvalue weighted by atomic mass is 10.1. The molecule has 0 aliphatic carbocycles. The van der Waals surface area contributed by atoms with E-state index in [9.17, 15) is 13.6 Å². The topological polar surface area (TPSA) is 98.2 Å². The van der Waals surface area contributed by atoms with Gasteiger partial charge in [0.2, 0.25) is 0 Å². The largest absolute Gasteiger partial charge is 0.298 e. The molecule has 0 aliphatic rings. The number of rotatable bonds is 1. The van der Waals surface area contributed by atoms with Crippen LogP contribution in [0.25, 0.3) is 21.8 Å². The maximum Gasteiger partial charge on any atom is 0.153 e. The van der Waals surface area contributed by atoms with Crippen LogP contribution in [0.1, 0.15) is 15.9 Å². The summed E-state index contributed by atoms with van der Waals surface area (Å²) in [6.07, 6.45) is 3.21. The number of benzene rings is 2. The van der Waals surface area contributed by atoms with Gasteiger partial charge in [-0.25, -0.2) is 8.78 Å². The molecule has 0 saturated carbocycles. The Morgan fingerprint density at radius 2 is 1.54 bits per heavy atom. The molecule has 0 atom stereocenters. The lowest BCUT2D eigenvalue weighted by Crippen LogP contribution is -1.86. The van der Waals surface area contributed by atoms with Gasteiger partial charge in [0, 0.05) is 0 Å². The number of hydrogen-bond acceptors (Lipinski definition) is 4. The average Bonchev–Trinajstić information content (AvgIpc) is 3.26. The van der Waals surface area contributed by atoms with Crippen molar-refractivity contribution in [3.05, 3.63) is 59.4 Å². The number of aromatic amines is 2. The summed E-state index contributed by atoms with van der Waals surface area (Å²) < 4.78 is 26.4. The number of nitrogens with one attached hydrogen (secondary N) is 2. The summed E-state index contributed by atoms with van der Waals surface area (Å²) in [6, 6.07) is 7.86. The van der Waals surface area contributed by atoms with Crippen LogP contribution < -0.4 is 0 Å². The third-order valence-electron chi connectivity index (χ3n) is 3.39. The van der Waals surface area contributed by atoms with Gasteiger partial charge in [0.25, 0.3) is 0 Å². The van der Waals surface area contributed by atoms with E-state index in [1.807, 2.05) is 0 Å². The minimum atomic E-state index is -0.517. The van der Waals surface area contributed by atoms with Crippen molar-refractivity contribution in [3.8, 4) is 6.07 Å². The molecule has 2 heterocycles. The predicted octanol–water partition coefficient (Wildman–Crippen LogP) is 3.09. The van der Waals surface area contributed by atoms with Crippen LogP contribution in [0.4, 0.5) is 8.78 Å². The Labute approximate surface area is 133 Å². The van der Waals surface area contributed by atoms with Gasteiger partial charge in [0.1, 0.15) is 11.9 Å². The molecule has 0 aliphatic heterocycles. The smallest absolute Gasteiger partial charge is 0.153 e. The van der Waals surface area contributed by atoms with Crippen molar-refractivity contribution < 1.29 is 13.6 Å². The first kappa shape index (κ1) is 15.3. The van der Waals surface area contributed by atoms with Crippen LogP contribution in [-0.4, -0.2) is 26.7 Å². The Kier molecular flexibility index (Phi) is 3.99. The summed E-state index contributed by atoms with van der Waals surface area (Å²) in [5.74, 6) is -1.03. The number of hydrogen-bond donors (Lipinski definition) is 2. The zero-order chi connectivity index (χ0) is 17.1. The quantitative estimate of drug-likeness (QED) is 0.525. The molecular formula is C16H9F2N5O. The molecule has 8 heteroatoms. The summed E-state index contributed by atoms with van der Waals surface area (Å²) in [7, 11) is 0. The Morgan fingerprint density at radius 3 is 2.12 bits per heavy atom. The summed E-state index contributed by atoms with van der Waals surface area (Å²) in [6.45, 7) is 0. The van der Waals surface area contributed by atoms with Gasteiger partial charge < -0.3 is 0 Å². The Hall–Kier alpha value is -3.60. The van der Waals surface area contributed by atoms with Gasteiger partial charge in [0.05, 0.1) is 45.3 Å². The molecule has 4 aromatic rings. The van der Waals surface area contributed by atoms with E-state index in [1.54, 1.807) is 18.2 Å². The van der Waals surface area contributed by atoms with Crippen LogP contribution in [-0.2, 0) is 0 Å². The van der Waals surface area contributed by atoms with Gasteiger partial charge >= 0.3 is 0 Å². The fraction of sp³-hybridized carbons (Fsp3) is 0. The number of aldehydes is 1. The van der Waals surface area contributed by atoms with Gasteiger partial charge in [-0.15, -0.1) is 0 Å². The molecule has 2 aromatic carbocycles. The Morgan fingerprint density at radius 1 is 0.958 bits per heavy atom. The predicted molar refractivity (Wildman–Crippen MR) is 82.2 cm³/mol. The van der Waals surface area contributed by atoms with Crippen molar-refractivity contribution in [1.82, 2.24) is 20.4 Å². The molecule has 0 amide bonds. The molecule has 2 N–H and O–H groups in total. The van der Waals surface area contributed by atoms with E-state index in [-0.39, 0.29) is 11.1 Å². The Balaban J connectivity index is 0.000000141. The maximum atomic E-state index is 13.2. The summed E-state index contributed by atoms with van der Waals surface area (Å²) in [5.41, 5.74) is 1.30. The highest BCUT2D eigenvalue weighted by Crippen LogP contribution is 2.18. The molecule has 0 fully saturated rings. The number of nitriles is 1. The number of H-pyrrole nitrogens is 2. The highest BCUT2D eigenvalue weighted by molar-refractivity contribution is 5.87. The number of halogens is 2. The molecule has 6 nitrogen and oxygen atoms in total. The van der Waals surface area contributed by atoms with E-state index in [0.29, 0.717) is 28.1 Å². The van der Waals surface area contributed by atoms with Crippen molar-refractivity contribution >= 4 is 28.1 Å². The fourth-order valence-corrected chi connectivity index (χ4v) is 2.16. The molecule has 0 saturated heterocycles. The normalized spacial score (nSPS) is 10.2. The number of carbonyl (C=O) groups excluding carboxylic acids is 1. The van der Waals surface area contributed by atoms with E-state index >= 15 is 0 Å². The van der Waals surface area contributed by atoms with E-state index < -0.39 is 11.6 Å². The minimum absolute atomic E-state index is 0.0453. The number of aromatic nitrogens is 4. The molecule has 118 valence electrons. The zero-order valence-corrected chi connectivity index (χ0v) is 12.0. The van der Waals surface area contributed by atoms with E-state index in [0.717, 1.165) is 0 Å². The lowest BCUT2D eigenvalue weighted by molar-refractivity contribution is 0.112. The molecule has 0 radical (unpaired) electrons. The second kappa shape index (κ2) is 6.26. The average molecular weight is 325 g/mol. The van der Waals surface area contributed by atoms with Crippen LogP contribution in [0.5, 0.6) is 0 Å². The molecule has 0 spiro atoms. The maximum absolute atomic E-state index is 13.2. The first-order valence-electron chi connectivity index (χ1n) is 6.74. The van der Waals surface area contributed by atoms with Crippen LogP contribution in [0.3, 0.4) is 0 Å². The van der Waals surface area contributed by atoms with Gasteiger partial charge in [-0.05, 0) is 24.3 Å². The Bertz CT molecular complexity index is 1080. The van der Waals surface area contributed by atoms with Gasteiger partial charge in [-0.2, -0.15) is 15.5 Å². The summed E-state index contributed by atoms with van der Waals surface area (Å²) in [5, 5.41) is 21.7. The molecule has 0 unspecified atom stereocenters.